The number of nitrogens with one attached hydrogen (secondary N) is 1. The SMILES string of the molecule is Cc1cccc(NC(=O)CN2CCN(c3ncnc4c3oc3ccccc34)CC2)c1C. The minimum atomic E-state index is 0.0175. The number of carbonyl (C=O) groups is 1. The second kappa shape index (κ2) is 8.00. The lowest BCUT2D eigenvalue weighted by Crippen LogP contribution is -2.49. The molecule has 0 saturated carbocycles. The van der Waals surface area contributed by atoms with Crippen molar-refractivity contribution in [1.82, 2.24) is 14.9 Å². The molecular formula is C24H25N5O2. The number of carbonyl (C=O) groups excluding carboxylic acids is 1. The molecule has 31 heavy (non-hydrogen) atoms. The quantitative estimate of drug-likeness (QED) is 0.547. The Balaban J connectivity index is 1.25. The molecule has 5 rings (SSSR count). The van der Waals surface area contributed by atoms with Gasteiger partial charge in [-0.2, -0.15) is 0 Å². The number of aryl methyl sites for hydroxylation is 1. The van der Waals surface area contributed by atoms with Crippen LogP contribution in [0.3, 0.4) is 0 Å². The van der Waals surface area contributed by atoms with Crippen LogP contribution >= 0.6 is 0 Å². The molecule has 1 amide bonds. The van der Waals surface area contributed by atoms with E-state index in [2.05, 4.69) is 38.1 Å². The van der Waals surface area contributed by atoms with E-state index < -0.39 is 0 Å². The summed E-state index contributed by atoms with van der Waals surface area (Å²) in [5.41, 5.74) is 5.56. The molecule has 1 fully saturated rings. The first-order chi connectivity index (χ1) is 15.1. The summed E-state index contributed by atoms with van der Waals surface area (Å²) in [7, 11) is 0. The Hall–Kier alpha value is -3.45. The van der Waals surface area contributed by atoms with Gasteiger partial charge in [-0.05, 0) is 43.2 Å². The predicted octanol–water partition coefficient (Wildman–Crippen LogP) is 3.75. The summed E-state index contributed by atoms with van der Waals surface area (Å²) in [4.78, 5) is 25.9. The Morgan fingerprint density at radius 1 is 1.03 bits per heavy atom. The molecule has 2 aromatic carbocycles. The normalized spacial score (nSPS) is 15.0. The van der Waals surface area contributed by atoms with Gasteiger partial charge < -0.3 is 14.6 Å². The molecule has 4 aromatic rings. The zero-order valence-electron chi connectivity index (χ0n) is 17.8. The first-order valence-corrected chi connectivity index (χ1v) is 10.6. The van der Waals surface area contributed by atoms with Crippen LogP contribution < -0.4 is 10.2 Å². The Morgan fingerprint density at radius 2 is 1.84 bits per heavy atom. The highest BCUT2D eigenvalue weighted by Crippen LogP contribution is 2.32. The van der Waals surface area contributed by atoms with E-state index in [1.165, 1.54) is 5.56 Å². The minimum absolute atomic E-state index is 0.0175. The molecule has 0 atom stereocenters. The number of rotatable bonds is 4. The number of fused-ring (bicyclic) bond motifs is 3. The van der Waals surface area contributed by atoms with Gasteiger partial charge in [-0.3, -0.25) is 9.69 Å². The van der Waals surface area contributed by atoms with Crippen molar-refractivity contribution in [3.8, 4) is 0 Å². The Kier molecular flexibility index (Phi) is 5.03. The van der Waals surface area contributed by atoms with Gasteiger partial charge in [0.05, 0.1) is 6.54 Å². The van der Waals surface area contributed by atoms with E-state index in [1.807, 2.05) is 43.3 Å². The number of anilines is 2. The summed E-state index contributed by atoms with van der Waals surface area (Å²) in [6.45, 7) is 7.59. The maximum atomic E-state index is 12.6. The van der Waals surface area contributed by atoms with Crippen LogP contribution in [0.5, 0.6) is 0 Å². The van der Waals surface area contributed by atoms with Crippen LogP contribution in [0.25, 0.3) is 22.1 Å². The molecule has 0 radical (unpaired) electrons. The van der Waals surface area contributed by atoms with E-state index in [1.54, 1.807) is 6.33 Å². The number of hydrogen-bond acceptors (Lipinski definition) is 6. The zero-order chi connectivity index (χ0) is 21.4. The molecule has 1 N–H and O–H groups in total. The molecule has 7 heteroatoms. The Labute approximate surface area is 180 Å². The minimum Gasteiger partial charge on any atom is -0.450 e. The summed E-state index contributed by atoms with van der Waals surface area (Å²) in [6, 6.07) is 13.9. The molecule has 1 aliphatic heterocycles. The van der Waals surface area contributed by atoms with E-state index in [0.717, 1.165) is 65.3 Å². The summed E-state index contributed by atoms with van der Waals surface area (Å²) >= 11 is 0. The smallest absolute Gasteiger partial charge is 0.238 e. The van der Waals surface area contributed by atoms with Crippen molar-refractivity contribution in [3.05, 3.63) is 59.9 Å². The fourth-order valence-electron chi connectivity index (χ4n) is 4.13. The molecule has 0 spiro atoms. The summed E-state index contributed by atoms with van der Waals surface area (Å²) in [5, 5.41) is 4.05. The Bertz CT molecular complexity index is 1260. The van der Waals surface area contributed by atoms with Crippen LogP contribution in [0, 0.1) is 13.8 Å². The first kappa shape index (κ1) is 19.5. The number of aromatic nitrogens is 2. The molecule has 3 heterocycles. The summed E-state index contributed by atoms with van der Waals surface area (Å²) in [6.07, 6.45) is 1.60. The molecule has 0 unspecified atom stereocenters. The number of piperazine rings is 1. The largest absolute Gasteiger partial charge is 0.450 e. The van der Waals surface area contributed by atoms with E-state index in [9.17, 15) is 4.79 Å². The van der Waals surface area contributed by atoms with Gasteiger partial charge in [-0.15, -0.1) is 0 Å². The van der Waals surface area contributed by atoms with E-state index in [0.29, 0.717) is 6.54 Å². The van der Waals surface area contributed by atoms with Gasteiger partial charge >= 0.3 is 0 Å². The highest BCUT2D eigenvalue weighted by Gasteiger charge is 2.23. The number of nitrogens with zero attached hydrogens (tertiary/aromatic N) is 4. The maximum Gasteiger partial charge on any atom is 0.238 e. The zero-order valence-corrected chi connectivity index (χ0v) is 17.8. The van der Waals surface area contributed by atoms with Crippen molar-refractivity contribution in [1.29, 1.82) is 0 Å². The number of furan rings is 1. The lowest BCUT2D eigenvalue weighted by Gasteiger charge is -2.34. The van der Waals surface area contributed by atoms with Crippen LogP contribution in [-0.4, -0.2) is 53.5 Å². The van der Waals surface area contributed by atoms with E-state index in [-0.39, 0.29) is 5.91 Å². The first-order valence-electron chi connectivity index (χ1n) is 10.6. The standard InChI is InChI=1S/C24H25N5O2/c1-16-6-5-8-19(17(16)2)27-21(30)14-28-10-12-29(13-11-28)24-23-22(25-15-26-24)18-7-3-4-9-20(18)31-23/h3-9,15H,10-14H2,1-2H3,(H,27,30). The topological polar surface area (TPSA) is 74.5 Å². The highest BCUT2D eigenvalue weighted by molar-refractivity contribution is 6.05. The number of hydrogen-bond donors (Lipinski definition) is 1. The monoisotopic (exact) mass is 415 g/mol. The number of benzene rings is 2. The van der Waals surface area contributed by atoms with Crippen LogP contribution in [0.2, 0.25) is 0 Å². The van der Waals surface area contributed by atoms with Gasteiger partial charge in [0.1, 0.15) is 17.4 Å². The van der Waals surface area contributed by atoms with Gasteiger partial charge in [0.15, 0.2) is 11.4 Å². The third-order valence-corrected chi connectivity index (χ3v) is 6.06. The number of para-hydroxylation sites is 1. The molecule has 0 bridgehead atoms. The highest BCUT2D eigenvalue weighted by atomic mass is 16.3. The fraction of sp³-hybridized carbons (Fsp3) is 0.292. The van der Waals surface area contributed by atoms with Gasteiger partial charge in [0, 0.05) is 37.3 Å². The van der Waals surface area contributed by atoms with Gasteiger partial charge in [0.2, 0.25) is 5.91 Å². The van der Waals surface area contributed by atoms with Gasteiger partial charge in [-0.25, -0.2) is 9.97 Å². The third-order valence-electron chi connectivity index (χ3n) is 6.06. The fourth-order valence-corrected chi connectivity index (χ4v) is 4.13. The van der Waals surface area contributed by atoms with Gasteiger partial charge in [0.25, 0.3) is 0 Å². The van der Waals surface area contributed by atoms with Crippen molar-refractivity contribution < 1.29 is 9.21 Å². The molecule has 158 valence electrons. The maximum absolute atomic E-state index is 12.6. The molecule has 2 aromatic heterocycles. The van der Waals surface area contributed by atoms with E-state index in [4.69, 9.17) is 4.42 Å². The van der Waals surface area contributed by atoms with Crippen molar-refractivity contribution >= 4 is 39.5 Å². The second-order valence-corrected chi connectivity index (χ2v) is 8.03. The number of amides is 1. The van der Waals surface area contributed by atoms with Crippen LogP contribution in [0.15, 0.2) is 53.2 Å². The molecule has 1 saturated heterocycles. The molecular weight excluding hydrogens is 390 g/mol. The third kappa shape index (κ3) is 3.72. The van der Waals surface area contributed by atoms with Crippen molar-refractivity contribution in [2.24, 2.45) is 0 Å². The van der Waals surface area contributed by atoms with Gasteiger partial charge in [-0.1, -0.05) is 24.3 Å². The van der Waals surface area contributed by atoms with E-state index >= 15 is 0 Å². The molecule has 1 aliphatic rings. The van der Waals surface area contributed by atoms with Crippen LogP contribution in [0.4, 0.5) is 11.5 Å². The lowest BCUT2D eigenvalue weighted by atomic mass is 10.1. The lowest BCUT2D eigenvalue weighted by molar-refractivity contribution is -0.117. The van der Waals surface area contributed by atoms with Crippen LogP contribution in [0.1, 0.15) is 11.1 Å². The molecule has 0 aliphatic carbocycles. The second-order valence-electron chi connectivity index (χ2n) is 8.03. The van der Waals surface area contributed by atoms with Crippen molar-refractivity contribution in [2.45, 2.75) is 13.8 Å². The summed E-state index contributed by atoms with van der Waals surface area (Å²) in [5.74, 6) is 0.838. The van der Waals surface area contributed by atoms with Crippen molar-refractivity contribution in [2.75, 3.05) is 42.9 Å². The van der Waals surface area contributed by atoms with Crippen LogP contribution in [-0.2, 0) is 4.79 Å². The molecule has 7 nitrogen and oxygen atoms in total. The average Bonchev–Trinajstić information content (AvgIpc) is 3.16. The average molecular weight is 415 g/mol. The van der Waals surface area contributed by atoms with Crippen molar-refractivity contribution in [3.63, 3.8) is 0 Å². The summed E-state index contributed by atoms with van der Waals surface area (Å²) < 4.78 is 6.07. The predicted molar refractivity (Wildman–Crippen MR) is 123 cm³/mol. The Morgan fingerprint density at radius 3 is 2.68 bits per heavy atom.